The molecule has 0 radical (unpaired) electrons. The lowest BCUT2D eigenvalue weighted by molar-refractivity contribution is 0.0130. The minimum Gasteiger partial charge on any atom is -0.445 e. The molecule has 0 aliphatic carbocycles. The first-order valence-corrected chi connectivity index (χ1v) is 10.3. The van der Waals surface area contributed by atoms with E-state index in [-0.39, 0.29) is 18.8 Å². The molecular formula is C24H31NO4. The van der Waals surface area contributed by atoms with Crippen LogP contribution in [0.15, 0.2) is 60.7 Å². The van der Waals surface area contributed by atoms with Gasteiger partial charge in [-0.3, -0.25) is 4.90 Å². The number of ether oxygens (including phenoxy) is 2. The van der Waals surface area contributed by atoms with Gasteiger partial charge in [0, 0.05) is 13.0 Å². The zero-order chi connectivity index (χ0) is 20.6. The largest absolute Gasteiger partial charge is 0.445 e. The molecule has 5 nitrogen and oxygen atoms in total. The third kappa shape index (κ3) is 6.87. The Balaban J connectivity index is 1.77. The summed E-state index contributed by atoms with van der Waals surface area (Å²) in [6, 6.07) is 19.1. The van der Waals surface area contributed by atoms with E-state index in [9.17, 15) is 9.90 Å². The van der Waals surface area contributed by atoms with Gasteiger partial charge in [-0.2, -0.15) is 0 Å². The van der Waals surface area contributed by atoms with Crippen molar-refractivity contribution in [2.24, 2.45) is 5.92 Å². The molecule has 0 saturated carbocycles. The van der Waals surface area contributed by atoms with Gasteiger partial charge in [-0.1, -0.05) is 74.5 Å². The van der Waals surface area contributed by atoms with Gasteiger partial charge in [-0.05, 0) is 23.5 Å². The number of benzene rings is 2. The van der Waals surface area contributed by atoms with Gasteiger partial charge >= 0.3 is 6.09 Å². The van der Waals surface area contributed by atoms with Crippen molar-refractivity contribution in [2.75, 3.05) is 6.61 Å². The lowest BCUT2D eigenvalue weighted by Crippen LogP contribution is -2.48. The van der Waals surface area contributed by atoms with Gasteiger partial charge in [0.05, 0.1) is 24.9 Å². The molecule has 2 aromatic rings. The number of hydrogen-bond acceptors (Lipinski definition) is 4. The van der Waals surface area contributed by atoms with E-state index in [0.29, 0.717) is 31.9 Å². The molecule has 3 rings (SSSR count). The molecule has 156 valence electrons. The number of epoxide rings is 1. The van der Waals surface area contributed by atoms with E-state index >= 15 is 0 Å². The monoisotopic (exact) mass is 397 g/mol. The summed E-state index contributed by atoms with van der Waals surface area (Å²) in [6.45, 7) is 5.49. The number of nitrogens with zero attached hydrogens (tertiary/aromatic N) is 1. The summed E-state index contributed by atoms with van der Waals surface area (Å²) in [4.78, 5) is 14.8. The summed E-state index contributed by atoms with van der Waals surface area (Å²) in [5.41, 5.74) is 1.95. The maximum Gasteiger partial charge on any atom is 0.410 e. The van der Waals surface area contributed by atoms with Crippen molar-refractivity contribution in [3.05, 3.63) is 71.8 Å². The van der Waals surface area contributed by atoms with Crippen LogP contribution in [0.25, 0.3) is 0 Å². The van der Waals surface area contributed by atoms with Crippen LogP contribution in [0.2, 0.25) is 0 Å². The molecule has 1 aliphatic heterocycles. The fourth-order valence-corrected chi connectivity index (χ4v) is 3.51. The van der Waals surface area contributed by atoms with Crippen molar-refractivity contribution >= 4 is 6.09 Å². The molecule has 3 atom stereocenters. The lowest BCUT2D eigenvalue weighted by Gasteiger charge is -2.35. The topological polar surface area (TPSA) is 62.3 Å². The van der Waals surface area contributed by atoms with Gasteiger partial charge in [0.1, 0.15) is 6.61 Å². The van der Waals surface area contributed by atoms with E-state index in [1.165, 1.54) is 0 Å². The van der Waals surface area contributed by atoms with Crippen molar-refractivity contribution < 1.29 is 19.4 Å². The molecule has 1 saturated heterocycles. The average Bonchev–Trinajstić information content (AvgIpc) is 3.54. The predicted molar refractivity (Wildman–Crippen MR) is 112 cm³/mol. The number of rotatable bonds is 10. The highest BCUT2D eigenvalue weighted by Gasteiger charge is 2.36. The van der Waals surface area contributed by atoms with Crippen LogP contribution in [0, 0.1) is 5.92 Å². The van der Waals surface area contributed by atoms with Gasteiger partial charge in [0.2, 0.25) is 0 Å². The Kier molecular flexibility index (Phi) is 7.67. The van der Waals surface area contributed by atoms with Crippen LogP contribution in [-0.2, 0) is 22.6 Å². The number of amides is 1. The van der Waals surface area contributed by atoms with Gasteiger partial charge in [-0.15, -0.1) is 0 Å². The van der Waals surface area contributed by atoms with E-state index in [1.54, 1.807) is 4.90 Å². The minimum absolute atomic E-state index is 0.0959. The molecular weight excluding hydrogens is 366 g/mol. The molecule has 2 aromatic carbocycles. The maximum absolute atomic E-state index is 13.1. The lowest BCUT2D eigenvalue weighted by atomic mass is 9.94. The fraction of sp³-hybridized carbons (Fsp3) is 0.458. The average molecular weight is 398 g/mol. The Morgan fingerprint density at radius 1 is 1.10 bits per heavy atom. The van der Waals surface area contributed by atoms with Crippen molar-refractivity contribution in [2.45, 2.75) is 58.1 Å². The number of carbonyl (C=O) groups excluding carboxylic acids is 1. The summed E-state index contributed by atoms with van der Waals surface area (Å²) < 4.78 is 10.9. The van der Waals surface area contributed by atoms with Crippen LogP contribution >= 0.6 is 0 Å². The van der Waals surface area contributed by atoms with E-state index in [4.69, 9.17) is 9.47 Å². The zero-order valence-electron chi connectivity index (χ0n) is 17.2. The molecule has 1 unspecified atom stereocenters. The van der Waals surface area contributed by atoms with Crippen LogP contribution in [0.5, 0.6) is 0 Å². The smallest absolute Gasteiger partial charge is 0.410 e. The van der Waals surface area contributed by atoms with E-state index in [2.05, 4.69) is 13.8 Å². The first-order valence-electron chi connectivity index (χ1n) is 10.3. The molecule has 1 heterocycles. The standard InChI is InChI=1S/C24H31NO4/c1-18(2)13-22(23(26)14-21-17-28-21)25(15-19-9-5-3-6-10-19)24(27)29-16-20-11-7-4-8-12-20/h3-12,18,21-23,26H,13-17H2,1-2H3/t21?,22-,23+/m0/s1. The van der Waals surface area contributed by atoms with Crippen LogP contribution in [0.1, 0.15) is 37.8 Å². The SMILES string of the molecule is CC(C)C[C@@H]([C@H](O)CC1CO1)N(Cc1ccccc1)C(=O)OCc1ccccc1. The van der Waals surface area contributed by atoms with Gasteiger partial charge in [0.25, 0.3) is 0 Å². The molecule has 1 N–H and O–H groups in total. The Morgan fingerprint density at radius 3 is 2.24 bits per heavy atom. The van der Waals surface area contributed by atoms with Crippen LogP contribution in [0.4, 0.5) is 4.79 Å². The second kappa shape index (κ2) is 10.4. The molecule has 5 heteroatoms. The summed E-state index contributed by atoms with van der Waals surface area (Å²) in [7, 11) is 0. The quantitative estimate of drug-likeness (QED) is 0.604. The van der Waals surface area contributed by atoms with E-state index in [1.807, 2.05) is 60.7 Å². The van der Waals surface area contributed by atoms with Gasteiger partial charge < -0.3 is 14.6 Å². The summed E-state index contributed by atoms with van der Waals surface area (Å²) >= 11 is 0. The van der Waals surface area contributed by atoms with Gasteiger partial charge in [0.15, 0.2) is 0 Å². The number of carbonyl (C=O) groups is 1. The predicted octanol–water partition coefficient (Wildman–Crippen LogP) is 4.39. The first kappa shape index (κ1) is 21.3. The molecule has 0 spiro atoms. The summed E-state index contributed by atoms with van der Waals surface area (Å²) in [5.74, 6) is 0.329. The van der Waals surface area contributed by atoms with Crippen LogP contribution < -0.4 is 0 Å². The highest BCUT2D eigenvalue weighted by molar-refractivity contribution is 5.68. The molecule has 1 amide bonds. The van der Waals surface area contributed by atoms with Gasteiger partial charge in [-0.25, -0.2) is 4.79 Å². The number of aliphatic hydroxyl groups is 1. The Bertz CT molecular complexity index is 746. The number of hydrogen-bond donors (Lipinski definition) is 1. The van der Waals surface area contributed by atoms with Crippen molar-refractivity contribution in [1.29, 1.82) is 0 Å². The second-order valence-corrected chi connectivity index (χ2v) is 8.11. The third-order valence-corrected chi connectivity index (χ3v) is 5.10. The Hall–Kier alpha value is -2.37. The van der Waals surface area contributed by atoms with E-state index in [0.717, 1.165) is 11.1 Å². The molecule has 1 aliphatic rings. The second-order valence-electron chi connectivity index (χ2n) is 8.11. The summed E-state index contributed by atoms with van der Waals surface area (Å²) in [5, 5.41) is 10.9. The summed E-state index contributed by atoms with van der Waals surface area (Å²) in [6.07, 6.45) is 0.270. The first-order chi connectivity index (χ1) is 14.0. The highest BCUT2D eigenvalue weighted by Crippen LogP contribution is 2.25. The molecule has 0 aromatic heterocycles. The molecule has 29 heavy (non-hydrogen) atoms. The van der Waals surface area contributed by atoms with Crippen molar-refractivity contribution in [3.63, 3.8) is 0 Å². The maximum atomic E-state index is 13.1. The minimum atomic E-state index is -0.655. The van der Waals surface area contributed by atoms with E-state index < -0.39 is 12.2 Å². The fourth-order valence-electron chi connectivity index (χ4n) is 3.51. The van der Waals surface area contributed by atoms with Crippen molar-refractivity contribution in [3.8, 4) is 0 Å². The third-order valence-electron chi connectivity index (χ3n) is 5.10. The Labute approximate surface area is 173 Å². The number of aliphatic hydroxyl groups excluding tert-OH is 1. The Morgan fingerprint density at radius 2 is 1.69 bits per heavy atom. The zero-order valence-corrected chi connectivity index (χ0v) is 17.2. The highest BCUT2D eigenvalue weighted by atomic mass is 16.6. The molecule has 0 bridgehead atoms. The van der Waals surface area contributed by atoms with Crippen LogP contribution in [-0.4, -0.2) is 41.0 Å². The van der Waals surface area contributed by atoms with Crippen molar-refractivity contribution in [1.82, 2.24) is 4.90 Å². The molecule has 1 fully saturated rings. The normalized spacial score (nSPS) is 17.6. The van der Waals surface area contributed by atoms with Crippen LogP contribution in [0.3, 0.4) is 0 Å².